The minimum atomic E-state index is -4.67. The molecule has 0 saturated heterocycles. The van der Waals surface area contributed by atoms with Crippen LogP contribution in [0, 0.1) is 10.1 Å². The molecule has 0 bridgehead atoms. The van der Waals surface area contributed by atoms with Crippen molar-refractivity contribution in [2.24, 2.45) is 0 Å². The highest BCUT2D eigenvalue weighted by Crippen LogP contribution is 2.28. The van der Waals surface area contributed by atoms with Crippen LogP contribution in [0.15, 0.2) is 47.5 Å². The maximum atomic E-state index is 12.4. The van der Waals surface area contributed by atoms with Crippen molar-refractivity contribution in [1.29, 1.82) is 0 Å². The van der Waals surface area contributed by atoms with Gasteiger partial charge in [0.05, 0.1) is 4.92 Å². The summed E-state index contributed by atoms with van der Waals surface area (Å²) in [6.07, 6.45) is -4.09. The monoisotopic (exact) mass is 347 g/mol. The number of sulfonamides is 1. The van der Waals surface area contributed by atoms with Gasteiger partial charge in [0.1, 0.15) is 10.6 Å². The number of nitro groups is 1. The number of anilines is 1. The summed E-state index contributed by atoms with van der Waals surface area (Å²) in [5, 5.41) is 10.5. The molecule has 122 valence electrons. The van der Waals surface area contributed by atoms with Crippen LogP contribution in [0.1, 0.15) is 5.69 Å². The Labute approximate surface area is 128 Å². The number of halogens is 3. The molecule has 0 atom stereocenters. The van der Waals surface area contributed by atoms with Gasteiger partial charge in [0.25, 0.3) is 15.7 Å². The van der Waals surface area contributed by atoms with Gasteiger partial charge in [-0.1, -0.05) is 0 Å². The second kappa shape index (κ2) is 5.83. The molecule has 1 aromatic carbocycles. The lowest BCUT2D eigenvalue weighted by atomic mass is 10.3. The number of rotatable bonds is 4. The van der Waals surface area contributed by atoms with E-state index in [9.17, 15) is 31.7 Å². The van der Waals surface area contributed by atoms with Crippen molar-refractivity contribution in [1.82, 2.24) is 4.98 Å². The van der Waals surface area contributed by atoms with E-state index >= 15 is 0 Å². The molecule has 0 radical (unpaired) electrons. The summed E-state index contributed by atoms with van der Waals surface area (Å²) < 4.78 is 63.3. The van der Waals surface area contributed by atoms with E-state index < -0.39 is 31.7 Å². The maximum absolute atomic E-state index is 12.4. The number of non-ortho nitro benzene ring substituents is 1. The Balaban J connectivity index is 2.23. The zero-order valence-corrected chi connectivity index (χ0v) is 11.9. The largest absolute Gasteiger partial charge is 0.433 e. The molecule has 0 spiro atoms. The predicted octanol–water partition coefficient (Wildman–Crippen LogP) is 2.81. The fraction of sp³-hybridized carbons (Fsp3) is 0.0833. The van der Waals surface area contributed by atoms with E-state index in [0.717, 1.165) is 30.3 Å². The summed E-state index contributed by atoms with van der Waals surface area (Å²) in [4.78, 5) is 12.4. The van der Waals surface area contributed by atoms with Crippen LogP contribution < -0.4 is 4.72 Å². The highest BCUT2D eigenvalue weighted by Gasteiger charge is 2.32. The molecule has 0 unspecified atom stereocenters. The van der Waals surface area contributed by atoms with Crippen LogP contribution in [0.5, 0.6) is 0 Å². The summed E-state index contributed by atoms with van der Waals surface area (Å²) in [7, 11) is -4.16. The second-order valence-corrected chi connectivity index (χ2v) is 5.97. The van der Waals surface area contributed by atoms with E-state index in [4.69, 9.17) is 0 Å². The quantitative estimate of drug-likeness (QED) is 0.677. The molecule has 1 N–H and O–H groups in total. The number of hydrogen-bond acceptors (Lipinski definition) is 5. The molecule has 1 heterocycles. The fourth-order valence-corrected chi connectivity index (χ4v) is 2.58. The Morgan fingerprint density at radius 3 is 2.13 bits per heavy atom. The van der Waals surface area contributed by atoms with Gasteiger partial charge in [-0.05, 0) is 24.3 Å². The first-order valence-electron chi connectivity index (χ1n) is 5.90. The molecule has 11 heteroatoms. The van der Waals surface area contributed by atoms with Crippen LogP contribution in [0.25, 0.3) is 0 Å². The van der Waals surface area contributed by atoms with E-state index in [1.54, 1.807) is 0 Å². The van der Waals surface area contributed by atoms with Crippen LogP contribution in [0.4, 0.5) is 24.5 Å². The summed E-state index contributed by atoms with van der Waals surface area (Å²) in [6, 6.07) is 5.81. The first kappa shape index (κ1) is 16.7. The molecule has 0 aliphatic rings. The van der Waals surface area contributed by atoms with E-state index in [1.807, 2.05) is 0 Å². The third-order valence-electron chi connectivity index (χ3n) is 2.67. The van der Waals surface area contributed by atoms with Crippen molar-refractivity contribution >= 4 is 21.4 Å². The first-order chi connectivity index (χ1) is 10.6. The Hall–Kier alpha value is -2.69. The highest BCUT2D eigenvalue weighted by molar-refractivity contribution is 7.92. The van der Waals surface area contributed by atoms with E-state index in [2.05, 4.69) is 9.71 Å². The van der Waals surface area contributed by atoms with Gasteiger partial charge in [-0.2, -0.15) is 13.2 Å². The number of aromatic nitrogens is 1. The van der Waals surface area contributed by atoms with Gasteiger partial charge >= 0.3 is 6.18 Å². The van der Waals surface area contributed by atoms with Gasteiger partial charge in [-0.25, -0.2) is 8.42 Å². The Kier molecular flexibility index (Phi) is 4.23. The van der Waals surface area contributed by atoms with Crippen molar-refractivity contribution in [2.75, 3.05) is 4.72 Å². The molecule has 2 rings (SSSR count). The summed E-state index contributed by atoms with van der Waals surface area (Å²) in [6.45, 7) is 0. The number of nitrogens with one attached hydrogen (secondary N) is 1. The Morgan fingerprint density at radius 1 is 1.09 bits per heavy atom. The molecular formula is C12H8F3N3O4S. The summed E-state index contributed by atoms with van der Waals surface area (Å²) >= 11 is 0. The molecule has 23 heavy (non-hydrogen) atoms. The average molecular weight is 347 g/mol. The summed E-state index contributed by atoms with van der Waals surface area (Å²) in [5.74, 6) is 0. The zero-order chi connectivity index (χ0) is 17.3. The SMILES string of the molecule is O=[N+]([O-])c1ccc(NS(=O)(=O)c2ccc(C(F)(F)F)nc2)cc1. The standard InChI is InChI=1S/C12H8F3N3O4S/c13-12(14,15)11-6-5-10(7-16-11)23(21,22)17-8-1-3-9(4-2-8)18(19)20/h1-7,17H. The molecule has 0 aliphatic carbocycles. The van der Waals surface area contributed by atoms with Gasteiger partial charge in [0.2, 0.25) is 0 Å². The van der Waals surface area contributed by atoms with Crippen molar-refractivity contribution < 1.29 is 26.5 Å². The van der Waals surface area contributed by atoms with Crippen LogP contribution in [-0.2, 0) is 16.2 Å². The number of nitro benzene ring substituents is 1. The molecule has 0 fully saturated rings. The third kappa shape index (κ3) is 3.94. The van der Waals surface area contributed by atoms with Gasteiger partial charge in [0.15, 0.2) is 0 Å². The van der Waals surface area contributed by atoms with Crippen LogP contribution >= 0.6 is 0 Å². The predicted molar refractivity (Wildman–Crippen MR) is 73.1 cm³/mol. The Morgan fingerprint density at radius 2 is 1.70 bits per heavy atom. The minimum Gasteiger partial charge on any atom is -0.280 e. The average Bonchev–Trinajstić information content (AvgIpc) is 2.46. The third-order valence-corrected chi connectivity index (χ3v) is 4.03. The van der Waals surface area contributed by atoms with E-state index in [-0.39, 0.29) is 11.4 Å². The molecular weight excluding hydrogens is 339 g/mol. The second-order valence-electron chi connectivity index (χ2n) is 4.29. The van der Waals surface area contributed by atoms with Crippen LogP contribution in [0.3, 0.4) is 0 Å². The Bertz CT molecular complexity index is 818. The molecule has 1 aromatic heterocycles. The first-order valence-corrected chi connectivity index (χ1v) is 7.38. The van der Waals surface area contributed by atoms with Crippen molar-refractivity contribution in [2.45, 2.75) is 11.1 Å². The minimum absolute atomic E-state index is 0.0236. The van der Waals surface area contributed by atoms with Crippen molar-refractivity contribution in [3.05, 3.63) is 58.4 Å². The molecule has 0 aliphatic heterocycles. The number of nitrogens with zero attached hydrogens (tertiary/aromatic N) is 2. The number of hydrogen-bond donors (Lipinski definition) is 1. The number of alkyl halides is 3. The topological polar surface area (TPSA) is 102 Å². The molecule has 2 aromatic rings. The molecule has 7 nitrogen and oxygen atoms in total. The maximum Gasteiger partial charge on any atom is 0.433 e. The van der Waals surface area contributed by atoms with E-state index in [0.29, 0.717) is 12.3 Å². The van der Waals surface area contributed by atoms with Gasteiger partial charge < -0.3 is 0 Å². The van der Waals surface area contributed by atoms with Crippen LogP contribution in [0.2, 0.25) is 0 Å². The smallest absolute Gasteiger partial charge is 0.280 e. The summed E-state index contributed by atoms with van der Waals surface area (Å²) in [5.41, 5.74) is -1.42. The molecule has 0 saturated carbocycles. The lowest BCUT2D eigenvalue weighted by Gasteiger charge is -2.09. The van der Waals surface area contributed by atoms with Crippen molar-refractivity contribution in [3.8, 4) is 0 Å². The normalized spacial score (nSPS) is 12.0. The number of benzene rings is 1. The number of pyridine rings is 1. The van der Waals surface area contributed by atoms with Crippen molar-refractivity contribution in [3.63, 3.8) is 0 Å². The van der Waals surface area contributed by atoms with Crippen LogP contribution in [-0.4, -0.2) is 18.3 Å². The zero-order valence-electron chi connectivity index (χ0n) is 11.1. The molecule has 0 amide bonds. The highest BCUT2D eigenvalue weighted by atomic mass is 32.2. The van der Waals surface area contributed by atoms with Gasteiger partial charge in [0, 0.05) is 24.0 Å². The van der Waals surface area contributed by atoms with Gasteiger partial charge in [-0.15, -0.1) is 0 Å². The van der Waals surface area contributed by atoms with E-state index in [1.165, 1.54) is 0 Å². The fourth-order valence-electron chi connectivity index (χ4n) is 1.57. The lowest BCUT2D eigenvalue weighted by Crippen LogP contribution is -2.14. The lowest BCUT2D eigenvalue weighted by molar-refractivity contribution is -0.384. The van der Waals surface area contributed by atoms with Gasteiger partial charge in [-0.3, -0.25) is 19.8 Å².